The summed E-state index contributed by atoms with van der Waals surface area (Å²) in [7, 11) is 0. The van der Waals surface area contributed by atoms with E-state index in [0.29, 0.717) is 24.3 Å². The molecular formula is C20H16N6O3. The van der Waals surface area contributed by atoms with E-state index in [-0.39, 0.29) is 11.5 Å². The van der Waals surface area contributed by atoms with Gasteiger partial charge in [0.2, 0.25) is 5.82 Å². The van der Waals surface area contributed by atoms with Crippen LogP contribution in [0.3, 0.4) is 0 Å². The van der Waals surface area contributed by atoms with Gasteiger partial charge in [-0.1, -0.05) is 6.58 Å². The maximum atomic E-state index is 12.8. The van der Waals surface area contributed by atoms with Crippen molar-refractivity contribution in [1.29, 1.82) is 0 Å². The fraction of sp³-hybridized carbons (Fsp3) is 0.100. The number of amides is 2. The Labute approximate surface area is 165 Å². The summed E-state index contributed by atoms with van der Waals surface area (Å²) < 4.78 is 0. The highest BCUT2D eigenvalue weighted by atomic mass is 16.6. The summed E-state index contributed by atoms with van der Waals surface area (Å²) in [6, 6.07) is 7.78. The van der Waals surface area contributed by atoms with Gasteiger partial charge in [0.15, 0.2) is 0 Å². The number of hydrogen-bond donors (Lipinski definition) is 1. The van der Waals surface area contributed by atoms with E-state index in [1.54, 1.807) is 41.7 Å². The van der Waals surface area contributed by atoms with Crippen molar-refractivity contribution in [2.75, 3.05) is 5.32 Å². The molecule has 0 atom stereocenters. The number of nitro groups is 1. The second kappa shape index (κ2) is 7.47. The van der Waals surface area contributed by atoms with Crippen LogP contribution in [-0.4, -0.2) is 30.8 Å². The van der Waals surface area contributed by atoms with E-state index < -0.39 is 11.0 Å². The number of aromatic nitrogens is 3. The number of urea groups is 1. The summed E-state index contributed by atoms with van der Waals surface area (Å²) in [5, 5.41) is 14.0. The van der Waals surface area contributed by atoms with Crippen LogP contribution in [0.5, 0.6) is 0 Å². The van der Waals surface area contributed by atoms with Crippen molar-refractivity contribution in [1.82, 2.24) is 19.9 Å². The SMILES string of the molecule is C=Cc1cc2c(cn1)CN(C(=O)Nc1nc(-c3cccnc3)ccc1[N+](=O)[O-])C2. The predicted octanol–water partition coefficient (Wildman–Crippen LogP) is 3.64. The van der Waals surface area contributed by atoms with Crippen LogP contribution in [0, 0.1) is 10.1 Å². The van der Waals surface area contributed by atoms with Crippen molar-refractivity contribution in [3.8, 4) is 11.3 Å². The molecule has 0 fully saturated rings. The highest BCUT2D eigenvalue weighted by molar-refractivity contribution is 5.91. The van der Waals surface area contributed by atoms with Crippen LogP contribution < -0.4 is 5.32 Å². The Bertz CT molecular complexity index is 1120. The summed E-state index contributed by atoms with van der Waals surface area (Å²) in [6.45, 7) is 4.43. The lowest BCUT2D eigenvalue weighted by Gasteiger charge is -2.16. The topological polar surface area (TPSA) is 114 Å². The molecule has 0 saturated carbocycles. The first kappa shape index (κ1) is 18.2. The molecule has 1 aliphatic heterocycles. The zero-order chi connectivity index (χ0) is 20.4. The zero-order valence-electron chi connectivity index (χ0n) is 15.3. The minimum absolute atomic E-state index is 0.109. The van der Waals surface area contributed by atoms with E-state index in [2.05, 4.69) is 26.8 Å². The number of nitrogens with one attached hydrogen (secondary N) is 1. The Hall–Kier alpha value is -4.14. The van der Waals surface area contributed by atoms with Gasteiger partial charge in [0, 0.05) is 43.3 Å². The molecule has 0 radical (unpaired) electrons. The standard InChI is InChI=1S/C20H16N6O3/c1-2-16-8-14-11-25(12-15(14)10-22-16)20(27)24-19-18(26(28)29)6-5-17(23-19)13-4-3-7-21-9-13/h2-10H,1,11-12H2,(H,23,24,27). The van der Waals surface area contributed by atoms with Gasteiger partial charge in [0.25, 0.3) is 0 Å². The second-order valence-corrected chi connectivity index (χ2v) is 6.43. The molecule has 0 bridgehead atoms. The summed E-state index contributed by atoms with van der Waals surface area (Å²) in [5.74, 6) is -0.109. The molecule has 3 aromatic rings. The molecule has 0 aliphatic carbocycles. The van der Waals surface area contributed by atoms with Crippen molar-refractivity contribution < 1.29 is 9.72 Å². The first-order valence-corrected chi connectivity index (χ1v) is 8.77. The lowest BCUT2D eigenvalue weighted by atomic mass is 10.1. The summed E-state index contributed by atoms with van der Waals surface area (Å²) in [6.07, 6.45) is 6.57. The third kappa shape index (κ3) is 3.65. The minimum atomic E-state index is -0.575. The second-order valence-electron chi connectivity index (χ2n) is 6.43. The summed E-state index contributed by atoms with van der Waals surface area (Å²) >= 11 is 0. The van der Waals surface area contributed by atoms with E-state index in [9.17, 15) is 14.9 Å². The monoisotopic (exact) mass is 388 g/mol. The molecule has 4 rings (SSSR count). The maximum Gasteiger partial charge on any atom is 0.323 e. The van der Waals surface area contributed by atoms with E-state index in [0.717, 1.165) is 16.8 Å². The molecule has 1 N–H and O–H groups in total. The predicted molar refractivity (Wildman–Crippen MR) is 107 cm³/mol. The normalized spacial score (nSPS) is 12.3. The van der Waals surface area contributed by atoms with Crippen molar-refractivity contribution in [3.63, 3.8) is 0 Å². The average molecular weight is 388 g/mol. The van der Waals surface area contributed by atoms with E-state index in [1.165, 1.54) is 12.1 Å². The molecule has 0 spiro atoms. The molecule has 4 heterocycles. The third-order valence-corrected chi connectivity index (χ3v) is 4.58. The van der Waals surface area contributed by atoms with Crippen LogP contribution in [0.4, 0.5) is 16.3 Å². The molecule has 9 nitrogen and oxygen atoms in total. The lowest BCUT2D eigenvalue weighted by molar-refractivity contribution is -0.384. The number of hydrogen-bond acceptors (Lipinski definition) is 6. The molecule has 1 aliphatic rings. The first-order valence-electron chi connectivity index (χ1n) is 8.77. The Balaban J connectivity index is 1.59. The van der Waals surface area contributed by atoms with Crippen molar-refractivity contribution in [2.24, 2.45) is 0 Å². The molecule has 2 amide bonds. The zero-order valence-corrected chi connectivity index (χ0v) is 15.3. The highest BCUT2D eigenvalue weighted by Crippen LogP contribution is 2.28. The number of pyridine rings is 3. The Morgan fingerprint density at radius 1 is 1.24 bits per heavy atom. The van der Waals surface area contributed by atoms with Gasteiger partial charge in [0.1, 0.15) is 0 Å². The van der Waals surface area contributed by atoms with Crippen molar-refractivity contribution in [3.05, 3.63) is 82.4 Å². The maximum absolute atomic E-state index is 12.8. The van der Waals surface area contributed by atoms with Gasteiger partial charge in [-0.15, -0.1) is 0 Å². The minimum Gasteiger partial charge on any atom is -0.316 e. The van der Waals surface area contributed by atoms with Crippen molar-refractivity contribution in [2.45, 2.75) is 13.1 Å². The fourth-order valence-electron chi connectivity index (χ4n) is 3.10. The molecule has 0 unspecified atom stereocenters. The molecule has 9 heteroatoms. The fourth-order valence-corrected chi connectivity index (χ4v) is 3.10. The van der Waals surface area contributed by atoms with E-state index in [1.807, 2.05) is 6.07 Å². The molecule has 29 heavy (non-hydrogen) atoms. The highest BCUT2D eigenvalue weighted by Gasteiger charge is 2.26. The summed E-state index contributed by atoms with van der Waals surface area (Å²) in [5.41, 5.74) is 3.51. The average Bonchev–Trinajstić information content (AvgIpc) is 3.17. The van der Waals surface area contributed by atoms with Crippen LogP contribution in [0.2, 0.25) is 0 Å². The van der Waals surface area contributed by atoms with Crippen LogP contribution >= 0.6 is 0 Å². The van der Waals surface area contributed by atoms with Crippen LogP contribution in [0.15, 0.2) is 55.5 Å². The summed E-state index contributed by atoms with van der Waals surface area (Å²) in [4.78, 5) is 37.7. The van der Waals surface area contributed by atoms with Gasteiger partial charge in [-0.25, -0.2) is 9.78 Å². The number of nitrogens with zero attached hydrogens (tertiary/aromatic N) is 5. The Morgan fingerprint density at radius 3 is 2.79 bits per heavy atom. The van der Waals surface area contributed by atoms with Crippen LogP contribution in [0.25, 0.3) is 17.3 Å². The lowest BCUT2D eigenvalue weighted by Crippen LogP contribution is -2.30. The Kier molecular flexibility index (Phi) is 4.70. The van der Waals surface area contributed by atoms with Gasteiger partial charge < -0.3 is 4.90 Å². The number of carbonyl (C=O) groups excluding carboxylic acids is 1. The van der Waals surface area contributed by atoms with Gasteiger partial charge in [0.05, 0.1) is 16.3 Å². The van der Waals surface area contributed by atoms with Crippen LogP contribution in [-0.2, 0) is 13.1 Å². The van der Waals surface area contributed by atoms with Crippen molar-refractivity contribution >= 4 is 23.6 Å². The van der Waals surface area contributed by atoms with E-state index in [4.69, 9.17) is 0 Å². The van der Waals surface area contributed by atoms with Gasteiger partial charge in [-0.2, -0.15) is 0 Å². The van der Waals surface area contributed by atoms with Crippen LogP contribution in [0.1, 0.15) is 16.8 Å². The molecule has 3 aromatic heterocycles. The van der Waals surface area contributed by atoms with Gasteiger partial charge >= 0.3 is 11.7 Å². The number of rotatable bonds is 4. The third-order valence-electron chi connectivity index (χ3n) is 4.58. The molecule has 0 aromatic carbocycles. The molecule has 144 valence electrons. The number of fused-ring (bicyclic) bond motifs is 1. The first-order chi connectivity index (χ1) is 14.0. The number of carbonyl (C=O) groups is 1. The molecule has 0 saturated heterocycles. The molecular weight excluding hydrogens is 372 g/mol. The quantitative estimate of drug-likeness (QED) is 0.539. The Morgan fingerprint density at radius 2 is 2.07 bits per heavy atom. The smallest absolute Gasteiger partial charge is 0.316 e. The van der Waals surface area contributed by atoms with Gasteiger partial charge in [-0.05, 0) is 41.5 Å². The largest absolute Gasteiger partial charge is 0.323 e. The number of anilines is 1. The van der Waals surface area contributed by atoms with Gasteiger partial charge in [-0.3, -0.25) is 25.4 Å². The van der Waals surface area contributed by atoms with E-state index >= 15 is 0 Å².